The Bertz CT molecular complexity index is 411. The third-order valence-corrected chi connectivity index (χ3v) is 3.62. The number of benzene rings is 1. The van der Waals surface area contributed by atoms with Crippen molar-refractivity contribution in [3.05, 3.63) is 23.3 Å². The van der Waals surface area contributed by atoms with Gasteiger partial charge in [0.25, 0.3) is 0 Å². The first kappa shape index (κ1) is 10.9. The molecule has 2 aliphatic rings. The standard InChI is InChI=1S/C14H19NO2/c1-10-5-6-12-14(17-9-8-16-12)13(10)11-4-2-3-7-15-11/h5-6,11,15H,2-4,7-9H2,1H3. The highest BCUT2D eigenvalue weighted by atomic mass is 16.6. The summed E-state index contributed by atoms with van der Waals surface area (Å²) in [5.74, 6) is 1.87. The number of rotatable bonds is 1. The quantitative estimate of drug-likeness (QED) is 0.808. The van der Waals surface area contributed by atoms with E-state index in [0.717, 1.165) is 18.0 Å². The van der Waals surface area contributed by atoms with Gasteiger partial charge in [-0.15, -0.1) is 0 Å². The normalized spacial score (nSPS) is 23.5. The van der Waals surface area contributed by atoms with E-state index >= 15 is 0 Å². The summed E-state index contributed by atoms with van der Waals surface area (Å²) >= 11 is 0. The van der Waals surface area contributed by atoms with Gasteiger partial charge in [-0.05, 0) is 37.9 Å². The van der Waals surface area contributed by atoms with Crippen LogP contribution in [0.25, 0.3) is 0 Å². The van der Waals surface area contributed by atoms with Crippen LogP contribution in [0.2, 0.25) is 0 Å². The molecule has 1 N–H and O–H groups in total. The second kappa shape index (κ2) is 4.57. The van der Waals surface area contributed by atoms with Crippen LogP contribution in [0.1, 0.15) is 36.4 Å². The Labute approximate surface area is 102 Å². The lowest BCUT2D eigenvalue weighted by atomic mass is 9.93. The lowest BCUT2D eigenvalue weighted by molar-refractivity contribution is 0.167. The molecule has 17 heavy (non-hydrogen) atoms. The number of hydrogen-bond acceptors (Lipinski definition) is 3. The van der Waals surface area contributed by atoms with E-state index in [0.29, 0.717) is 19.3 Å². The van der Waals surface area contributed by atoms with Crippen molar-refractivity contribution >= 4 is 0 Å². The molecule has 0 radical (unpaired) electrons. The Morgan fingerprint density at radius 1 is 1.18 bits per heavy atom. The molecule has 0 aromatic heterocycles. The molecule has 1 fully saturated rings. The lowest BCUT2D eigenvalue weighted by Gasteiger charge is -2.29. The molecule has 3 nitrogen and oxygen atoms in total. The predicted molar refractivity (Wildman–Crippen MR) is 66.8 cm³/mol. The third kappa shape index (κ3) is 2.00. The Balaban J connectivity index is 2.01. The number of fused-ring (bicyclic) bond motifs is 1. The van der Waals surface area contributed by atoms with E-state index in [2.05, 4.69) is 18.3 Å². The topological polar surface area (TPSA) is 30.5 Å². The molecule has 1 aromatic rings. The van der Waals surface area contributed by atoms with Crippen LogP contribution in [0, 0.1) is 6.92 Å². The van der Waals surface area contributed by atoms with Crippen LogP contribution in [0.3, 0.4) is 0 Å². The Morgan fingerprint density at radius 3 is 2.88 bits per heavy atom. The van der Waals surface area contributed by atoms with E-state index in [1.165, 1.54) is 30.4 Å². The van der Waals surface area contributed by atoms with E-state index in [-0.39, 0.29) is 0 Å². The second-order valence-electron chi connectivity index (χ2n) is 4.82. The molecule has 0 bridgehead atoms. The maximum Gasteiger partial charge on any atom is 0.166 e. The van der Waals surface area contributed by atoms with Gasteiger partial charge >= 0.3 is 0 Å². The fourth-order valence-electron chi connectivity index (χ4n) is 2.77. The van der Waals surface area contributed by atoms with Crippen LogP contribution < -0.4 is 14.8 Å². The molecule has 2 heterocycles. The highest BCUT2D eigenvalue weighted by molar-refractivity contribution is 5.52. The lowest BCUT2D eigenvalue weighted by Crippen LogP contribution is -2.29. The largest absolute Gasteiger partial charge is 0.486 e. The maximum atomic E-state index is 5.82. The minimum absolute atomic E-state index is 0.431. The molecule has 0 aliphatic carbocycles. The van der Waals surface area contributed by atoms with Gasteiger partial charge in [-0.3, -0.25) is 0 Å². The SMILES string of the molecule is Cc1ccc2c(c1C1CCCCN1)OCCO2. The highest BCUT2D eigenvalue weighted by Crippen LogP contribution is 2.41. The summed E-state index contributed by atoms with van der Waals surface area (Å²) in [6, 6.07) is 4.59. The zero-order valence-corrected chi connectivity index (χ0v) is 10.3. The Hall–Kier alpha value is -1.22. The molecule has 2 aliphatic heterocycles. The fourth-order valence-corrected chi connectivity index (χ4v) is 2.77. The fraction of sp³-hybridized carbons (Fsp3) is 0.571. The molecule has 0 spiro atoms. The van der Waals surface area contributed by atoms with Crippen molar-refractivity contribution in [3.8, 4) is 11.5 Å². The number of ether oxygens (including phenoxy) is 2. The minimum atomic E-state index is 0.431. The van der Waals surface area contributed by atoms with E-state index in [1.54, 1.807) is 0 Å². The van der Waals surface area contributed by atoms with Crippen molar-refractivity contribution in [3.63, 3.8) is 0 Å². The molecule has 1 unspecified atom stereocenters. The highest BCUT2D eigenvalue weighted by Gasteiger charge is 2.25. The van der Waals surface area contributed by atoms with Crippen molar-refractivity contribution in [2.24, 2.45) is 0 Å². The third-order valence-electron chi connectivity index (χ3n) is 3.62. The van der Waals surface area contributed by atoms with Gasteiger partial charge in [0.05, 0.1) is 0 Å². The summed E-state index contributed by atoms with van der Waals surface area (Å²) in [6.07, 6.45) is 3.77. The average molecular weight is 233 g/mol. The zero-order chi connectivity index (χ0) is 11.7. The van der Waals surface area contributed by atoms with Crippen molar-refractivity contribution in [1.82, 2.24) is 5.32 Å². The van der Waals surface area contributed by atoms with Gasteiger partial charge < -0.3 is 14.8 Å². The second-order valence-corrected chi connectivity index (χ2v) is 4.82. The molecule has 92 valence electrons. The summed E-state index contributed by atoms with van der Waals surface area (Å²) in [5, 5.41) is 3.59. The van der Waals surface area contributed by atoms with Crippen LogP contribution in [-0.2, 0) is 0 Å². The Morgan fingerprint density at radius 2 is 2.06 bits per heavy atom. The minimum Gasteiger partial charge on any atom is -0.486 e. The number of piperidine rings is 1. The number of nitrogens with one attached hydrogen (secondary N) is 1. The smallest absolute Gasteiger partial charge is 0.166 e. The van der Waals surface area contributed by atoms with Gasteiger partial charge in [0, 0.05) is 11.6 Å². The van der Waals surface area contributed by atoms with Crippen molar-refractivity contribution in [1.29, 1.82) is 0 Å². The van der Waals surface area contributed by atoms with Gasteiger partial charge in [-0.2, -0.15) is 0 Å². The molecule has 1 atom stereocenters. The predicted octanol–water partition coefficient (Wildman–Crippen LogP) is 2.58. The van der Waals surface area contributed by atoms with E-state index in [1.807, 2.05) is 6.07 Å². The number of hydrogen-bond donors (Lipinski definition) is 1. The molecular weight excluding hydrogens is 214 g/mol. The van der Waals surface area contributed by atoms with Crippen LogP contribution in [-0.4, -0.2) is 19.8 Å². The molecule has 1 saturated heterocycles. The molecule has 0 amide bonds. The van der Waals surface area contributed by atoms with Crippen LogP contribution in [0.4, 0.5) is 0 Å². The monoisotopic (exact) mass is 233 g/mol. The number of aryl methyl sites for hydroxylation is 1. The van der Waals surface area contributed by atoms with Gasteiger partial charge in [-0.1, -0.05) is 12.5 Å². The zero-order valence-electron chi connectivity index (χ0n) is 10.3. The summed E-state index contributed by atoms with van der Waals surface area (Å²) < 4.78 is 11.5. The van der Waals surface area contributed by atoms with Crippen molar-refractivity contribution in [2.45, 2.75) is 32.2 Å². The van der Waals surface area contributed by atoms with Gasteiger partial charge in [-0.25, -0.2) is 0 Å². The molecule has 3 rings (SSSR count). The van der Waals surface area contributed by atoms with Crippen LogP contribution >= 0.6 is 0 Å². The van der Waals surface area contributed by atoms with Crippen molar-refractivity contribution < 1.29 is 9.47 Å². The summed E-state index contributed by atoms with van der Waals surface area (Å²) in [4.78, 5) is 0. The first-order valence-electron chi connectivity index (χ1n) is 6.49. The molecule has 0 saturated carbocycles. The van der Waals surface area contributed by atoms with Crippen molar-refractivity contribution in [2.75, 3.05) is 19.8 Å². The first-order chi connectivity index (χ1) is 8.36. The first-order valence-corrected chi connectivity index (χ1v) is 6.49. The van der Waals surface area contributed by atoms with Gasteiger partial charge in [0.2, 0.25) is 0 Å². The average Bonchev–Trinajstić information content (AvgIpc) is 2.39. The van der Waals surface area contributed by atoms with Crippen LogP contribution in [0.5, 0.6) is 11.5 Å². The van der Waals surface area contributed by atoms with E-state index in [9.17, 15) is 0 Å². The summed E-state index contributed by atoms with van der Waals surface area (Å²) in [7, 11) is 0. The molecular formula is C14H19NO2. The van der Waals surface area contributed by atoms with E-state index in [4.69, 9.17) is 9.47 Å². The summed E-state index contributed by atoms with van der Waals surface area (Å²) in [6.45, 7) is 4.59. The Kier molecular flexibility index (Phi) is 2.93. The molecule has 3 heteroatoms. The van der Waals surface area contributed by atoms with Gasteiger partial charge in [0.15, 0.2) is 11.5 Å². The van der Waals surface area contributed by atoms with Gasteiger partial charge in [0.1, 0.15) is 13.2 Å². The van der Waals surface area contributed by atoms with Crippen LogP contribution in [0.15, 0.2) is 12.1 Å². The maximum absolute atomic E-state index is 5.82. The molecule has 1 aromatic carbocycles. The summed E-state index contributed by atoms with van der Waals surface area (Å²) in [5.41, 5.74) is 2.61. The van der Waals surface area contributed by atoms with E-state index < -0.39 is 0 Å².